The Morgan fingerprint density at radius 1 is 1.30 bits per heavy atom. The molecular formula is C17H27N5O. The first-order chi connectivity index (χ1) is 10.9. The number of amides is 1. The highest BCUT2D eigenvalue weighted by Gasteiger charge is 2.20. The molecule has 0 saturated carbocycles. The highest BCUT2D eigenvalue weighted by Crippen LogP contribution is 2.18. The van der Waals surface area contributed by atoms with E-state index in [-0.39, 0.29) is 17.9 Å². The average molecular weight is 317 g/mol. The van der Waals surface area contributed by atoms with Gasteiger partial charge in [0.2, 0.25) is 5.91 Å². The van der Waals surface area contributed by atoms with E-state index in [9.17, 15) is 4.79 Å². The van der Waals surface area contributed by atoms with Crippen molar-refractivity contribution in [3.63, 3.8) is 0 Å². The van der Waals surface area contributed by atoms with Crippen LogP contribution in [-0.2, 0) is 17.9 Å². The van der Waals surface area contributed by atoms with Gasteiger partial charge in [-0.2, -0.15) is 5.10 Å². The minimum atomic E-state index is -0.281. The lowest BCUT2D eigenvalue weighted by Gasteiger charge is -2.18. The molecule has 0 spiro atoms. The highest BCUT2D eigenvalue weighted by molar-refractivity contribution is 5.80. The van der Waals surface area contributed by atoms with E-state index in [1.807, 2.05) is 36.2 Å². The lowest BCUT2D eigenvalue weighted by Crippen LogP contribution is -2.31. The van der Waals surface area contributed by atoms with Crippen molar-refractivity contribution >= 4 is 5.91 Å². The molecule has 1 N–H and O–H groups in total. The average Bonchev–Trinajstić information content (AvgIpc) is 3.10. The molecule has 0 bridgehead atoms. The Morgan fingerprint density at radius 3 is 2.57 bits per heavy atom. The summed E-state index contributed by atoms with van der Waals surface area (Å²) in [7, 11) is 0. The number of rotatable bonds is 6. The molecule has 1 amide bonds. The highest BCUT2D eigenvalue weighted by atomic mass is 16.2. The summed E-state index contributed by atoms with van der Waals surface area (Å²) in [6, 6.07) is -0.281. The first-order valence-corrected chi connectivity index (χ1v) is 8.20. The lowest BCUT2D eigenvalue weighted by molar-refractivity contribution is -0.124. The van der Waals surface area contributed by atoms with Crippen LogP contribution in [0.15, 0.2) is 12.4 Å². The Labute approximate surface area is 137 Å². The van der Waals surface area contributed by atoms with Gasteiger partial charge in [-0.3, -0.25) is 9.48 Å². The molecule has 0 unspecified atom stereocenters. The number of nitrogens with zero attached hydrogens (tertiary/aromatic N) is 4. The maximum atomic E-state index is 12.5. The molecule has 1 atom stereocenters. The zero-order chi connectivity index (χ0) is 17.1. The van der Waals surface area contributed by atoms with Gasteiger partial charge >= 0.3 is 0 Å². The molecule has 126 valence electrons. The monoisotopic (exact) mass is 317 g/mol. The van der Waals surface area contributed by atoms with E-state index in [1.54, 1.807) is 6.20 Å². The third kappa shape index (κ3) is 3.46. The van der Waals surface area contributed by atoms with Crippen LogP contribution < -0.4 is 5.32 Å². The predicted molar refractivity (Wildman–Crippen MR) is 90.2 cm³/mol. The Kier molecular flexibility index (Phi) is 5.23. The van der Waals surface area contributed by atoms with Crippen molar-refractivity contribution in [2.24, 2.45) is 0 Å². The van der Waals surface area contributed by atoms with E-state index >= 15 is 0 Å². The van der Waals surface area contributed by atoms with Crippen LogP contribution in [0, 0.1) is 13.8 Å². The van der Waals surface area contributed by atoms with Crippen molar-refractivity contribution in [1.82, 2.24) is 24.6 Å². The van der Waals surface area contributed by atoms with Gasteiger partial charge in [-0.05, 0) is 27.7 Å². The molecule has 2 heterocycles. The van der Waals surface area contributed by atoms with Gasteiger partial charge in [0, 0.05) is 42.7 Å². The van der Waals surface area contributed by atoms with Gasteiger partial charge in [0.15, 0.2) is 0 Å². The summed E-state index contributed by atoms with van der Waals surface area (Å²) >= 11 is 0. The molecule has 0 aromatic carbocycles. The van der Waals surface area contributed by atoms with Gasteiger partial charge in [-0.15, -0.1) is 0 Å². The first-order valence-electron chi connectivity index (χ1n) is 8.20. The molecule has 2 aromatic rings. The quantitative estimate of drug-likeness (QED) is 0.891. The number of carbonyl (C=O) groups is 1. The zero-order valence-corrected chi connectivity index (χ0v) is 14.9. The van der Waals surface area contributed by atoms with E-state index in [0.717, 1.165) is 29.3 Å². The van der Waals surface area contributed by atoms with Crippen LogP contribution in [0.25, 0.3) is 0 Å². The van der Waals surface area contributed by atoms with Gasteiger partial charge in [-0.1, -0.05) is 13.8 Å². The molecular weight excluding hydrogens is 290 g/mol. The summed E-state index contributed by atoms with van der Waals surface area (Å²) < 4.78 is 3.90. The molecule has 0 fully saturated rings. The summed E-state index contributed by atoms with van der Waals surface area (Å²) in [5.74, 6) is 1.21. The molecule has 6 nitrogen and oxygen atoms in total. The summed E-state index contributed by atoms with van der Waals surface area (Å²) in [6.45, 7) is 13.5. The normalized spacial score (nSPS) is 12.7. The van der Waals surface area contributed by atoms with Crippen LogP contribution in [-0.4, -0.2) is 25.2 Å². The molecule has 0 radical (unpaired) electrons. The number of carbonyl (C=O) groups excluding carboxylic acids is 1. The second-order valence-corrected chi connectivity index (χ2v) is 6.21. The predicted octanol–water partition coefficient (Wildman–Crippen LogP) is 2.72. The minimum Gasteiger partial charge on any atom is -0.350 e. The zero-order valence-electron chi connectivity index (χ0n) is 14.9. The van der Waals surface area contributed by atoms with Crippen molar-refractivity contribution in [2.75, 3.05) is 0 Å². The number of nitrogens with one attached hydrogen (secondary N) is 1. The van der Waals surface area contributed by atoms with E-state index in [2.05, 4.69) is 36.2 Å². The number of hydrogen-bond donors (Lipinski definition) is 1. The molecule has 2 rings (SSSR count). The molecule has 0 aliphatic carbocycles. The summed E-state index contributed by atoms with van der Waals surface area (Å²) in [5.41, 5.74) is 3.19. The van der Waals surface area contributed by atoms with E-state index in [4.69, 9.17) is 0 Å². The Bertz CT molecular complexity index is 683. The Hall–Kier alpha value is -2.11. The number of aryl methyl sites for hydroxylation is 2. The standard InChI is InChI=1S/C17H27N5O/c1-7-22-13(5)15(12(4)20-22)10-19-17(23)14(6)21-9-8-18-16(21)11(2)3/h8-9,11,14H,7,10H2,1-6H3,(H,19,23)/t14-/m0/s1. The fourth-order valence-corrected chi connectivity index (χ4v) is 2.85. The molecule has 0 aliphatic heterocycles. The third-order valence-corrected chi connectivity index (χ3v) is 4.28. The topological polar surface area (TPSA) is 64.7 Å². The molecule has 23 heavy (non-hydrogen) atoms. The second kappa shape index (κ2) is 6.98. The van der Waals surface area contributed by atoms with Crippen molar-refractivity contribution in [3.05, 3.63) is 35.2 Å². The van der Waals surface area contributed by atoms with Crippen LogP contribution in [0.2, 0.25) is 0 Å². The Balaban J connectivity index is 2.08. The largest absolute Gasteiger partial charge is 0.350 e. The second-order valence-electron chi connectivity index (χ2n) is 6.21. The smallest absolute Gasteiger partial charge is 0.243 e. The fourth-order valence-electron chi connectivity index (χ4n) is 2.85. The molecule has 6 heteroatoms. The summed E-state index contributed by atoms with van der Waals surface area (Å²) in [4.78, 5) is 16.9. The van der Waals surface area contributed by atoms with Crippen molar-refractivity contribution in [2.45, 2.75) is 66.6 Å². The van der Waals surface area contributed by atoms with Gasteiger partial charge in [-0.25, -0.2) is 4.98 Å². The third-order valence-electron chi connectivity index (χ3n) is 4.28. The Morgan fingerprint density at radius 2 is 2.00 bits per heavy atom. The van der Waals surface area contributed by atoms with Crippen molar-refractivity contribution in [1.29, 1.82) is 0 Å². The van der Waals surface area contributed by atoms with Gasteiger partial charge in [0.1, 0.15) is 11.9 Å². The molecule has 2 aromatic heterocycles. The van der Waals surface area contributed by atoms with Crippen molar-refractivity contribution < 1.29 is 4.79 Å². The van der Waals surface area contributed by atoms with Crippen molar-refractivity contribution in [3.8, 4) is 0 Å². The number of aromatic nitrogens is 4. The first kappa shape index (κ1) is 17.2. The fraction of sp³-hybridized carbons (Fsp3) is 0.588. The van der Waals surface area contributed by atoms with Gasteiger partial charge < -0.3 is 9.88 Å². The lowest BCUT2D eigenvalue weighted by atomic mass is 10.1. The molecule has 0 saturated heterocycles. The number of hydrogen-bond acceptors (Lipinski definition) is 3. The minimum absolute atomic E-state index is 0.00653. The van der Waals surface area contributed by atoms with Crippen LogP contribution >= 0.6 is 0 Å². The SMILES string of the molecule is CCn1nc(C)c(CNC(=O)[C@H](C)n2ccnc2C(C)C)c1C. The maximum Gasteiger partial charge on any atom is 0.243 e. The maximum absolute atomic E-state index is 12.5. The summed E-state index contributed by atoms with van der Waals surface area (Å²) in [5, 5.41) is 7.52. The van der Waals surface area contributed by atoms with Gasteiger partial charge in [0.05, 0.1) is 5.69 Å². The molecule has 0 aliphatic rings. The van der Waals surface area contributed by atoms with Crippen LogP contribution in [0.1, 0.15) is 62.4 Å². The van der Waals surface area contributed by atoms with E-state index < -0.39 is 0 Å². The van der Waals surface area contributed by atoms with Gasteiger partial charge in [0.25, 0.3) is 0 Å². The van der Waals surface area contributed by atoms with Crippen LogP contribution in [0.5, 0.6) is 0 Å². The van der Waals surface area contributed by atoms with E-state index in [1.165, 1.54) is 0 Å². The summed E-state index contributed by atoms with van der Waals surface area (Å²) in [6.07, 6.45) is 3.61. The van der Waals surface area contributed by atoms with Crippen LogP contribution in [0.3, 0.4) is 0 Å². The number of imidazole rings is 1. The van der Waals surface area contributed by atoms with E-state index in [0.29, 0.717) is 6.54 Å². The van der Waals surface area contributed by atoms with Crippen LogP contribution in [0.4, 0.5) is 0 Å².